The lowest BCUT2D eigenvalue weighted by molar-refractivity contribution is 0.305. The average molecular weight is 310 g/mol. The maximum absolute atomic E-state index is 12.6. The highest BCUT2D eigenvalue weighted by Crippen LogP contribution is 2.28. The summed E-state index contributed by atoms with van der Waals surface area (Å²) in [6.07, 6.45) is 1.71. The summed E-state index contributed by atoms with van der Waals surface area (Å²) in [4.78, 5) is 4.35. The van der Waals surface area contributed by atoms with E-state index in [4.69, 9.17) is 9.47 Å². The summed E-state index contributed by atoms with van der Waals surface area (Å²) in [6.45, 7) is 3.06. The quantitative estimate of drug-likeness (QED) is 0.687. The van der Waals surface area contributed by atoms with E-state index < -0.39 is 6.01 Å². The Hall–Kier alpha value is -3.08. The Kier molecular flexibility index (Phi) is 4.10. The lowest BCUT2D eigenvalue weighted by Gasteiger charge is -2.10. The van der Waals surface area contributed by atoms with E-state index in [0.717, 1.165) is 28.0 Å². The molecule has 1 aromatic heterocycles. The fraction of sp³-hybridized carbons (Fsp3) is 0.0556. The molecule has 0 spiro atoms. The topological polar surface area (TPSA) is 43.4 Å². The van der Waals surface area contributed by atoms with Gasteiger partial charge in [-0.15, -0.1) is 0 Å². The second-order valence-corrected chi connectivity index (χ2v) is 4.85. The number of ether oxygens (including phenoxy) is 2. The van der Waals surface area contributed by atoms with E-state index in [0.29, 0.717) is 5.75 Å². The highest BCUT2D eigenvalue weighted by Gasteiger charge is 2.04. The van der Waals surface area contributed by atoms with Crippen LogP contribution in [-0.2, 0) is 0 Å². The number of aromatic nitrogens is 1. The summed E-state index contributed by atoms with van der Waals surface area (Å²) in [7, 11) is 1.64. The summed E-state index contributed by atoms with van der Waals surface area (Å²) < 4.78 is 22.7. The predicted molar refractivity (Wildman–Crippen MR) is 88.9 cm³/mol. The van der Waals surface area contributed by atoms with Gasteiger partial charge in [0, 0.05) is 23.0 Å². The predicted octanol–water partition coefficient (Wildman–Crippen LogP) is 4.81. The normalized spacial score (nSPS) is 10.3. The third kappa shape index (κ3) is 3.40. The van der Waals surface area contributed by atoms with E-state index in [9.17, 15) is 4.39 Å². The van der Waals surface area contributed by atoms with E-state index in [2.05, 4.69) is 16.9 Å². The molecule has 3 rings (SSSR count). The molecule has 3 aromatic rings. The Balaban J connectivity index is 1.82. The van der Waals surface area contributed by atoms with Gasteiger partial charge in [0.25, 0.3) is 6.01 Å². The van der Waals surface area contributed by atoms with Gasteiger partial charge in [-0.05, 0) is 55.1 Å². The lowest BCUT2D eigenvalue weighted by atomic mass is 10.2. The molecule has 0 aliphatic carbocycles. The number of halogens is 1. The molecule has 0 saturated carbocycles. The number of nitrogens with one attached hydrogen (secondary N) is 1. The molecule has 23 heavy (non-hydrogen) atoms. The van der Waals surface area contributed by atoms with Crippen LogP contribution in [0.4, 0.5) is 15.8 Å². The zero-order valence-corrected chi connectivity index (χ0v) is 12.5. The van der Waals surface area contributed by atoms with Gasteiger partial charge in [0.1, 0.15) is 11.5 Å². The maximum atomic E-state index is 12.6. The van der Waals surface area contributed by atoms with Crippen LogP contribution in [0.2, 0.25) is 0 Å². The molecule has 0 aliphatic heterocycles. The molecule has 0 fully saturated rings. The van der Waals surface area contributed by atoms with Crippen LogP contribution in [0.15, 0.2) is 67.3 Å². The molecular weight excluding hydrogens is 295 g/mol. The zero-order chi connectivity index (χ0) is 16.2. The van der Waals surface area contributed by atoms with Crippen LogP contribution < -0.4 is 14.8 Å². The van der Waals surface area contributed by atoms with Crippen LogP contribution in [0.5, 0.6) is 11.5 Å². The van der Waals surface area contributed by atoms with Crippen molar-refractivity contribution in [1.29, 1.82) is 0 Å². The van der Waals surface area contributed by atoms with Gasteiger partial charge in [0.15, 0.2) is 0 Å². The molecule has 116 valence electrons. The second-order valence-electron chi connectivity index (χ2n) is 4.85. The SMILES string of the molecule is C=C(F)Oc1ccc(Nc2ccc3c(OC)ccnc3c2)cc1. The first kappa shape index (κ1) is 14.8. The minimum Gasteiger partial charge on any atom is -0.496 e. The van der Waals surface area contributed by atoms with Gasteiger partial charge in [-0.3, -0.25) is 4.98 Å². The third-order valence-electron chi connectivity index (χ3n) is 3.29. The molecule has 0 amide bonds. The Morgan fingerprint density at radius 2 is 1.83 bits per heavy atom. The fourth-order valence-electron chi connectivity index (χ4n) is 2.28. The number of anilines is 2. The summed E-state index contributed by atoms with van der Waals surface area (Å²) in [5, 5.41) is 4.21. The number of nitrogens with zero attached hydrogens (tertiary/aromatic N) is 1. The molecule has 5 heteroatoms. The number of rotatable bonds is 5. The molecule has 4 nitrogen and oxygen atoms in total. The largest absolute Gasteiger partial charge is 0.496 e. The van der Waals surface area contributed by atoms with Gasteiger partial charge in [-0.1, -0.05) is 0 Å². The van der Waals surface area contributed by atoms with Crippen LogP contribution in [0, 0.1) is 0 Å². The van der Waals surface area contributed by atoms with Crippen molar-refractivity contribution in [3.8, 4) is 11.5 Å². The van der Waals surface area contributed by atoms with Crippen LogP contribution in [0.3, 0.4) is 0 Å². The highest BCUT2D eigenvalue weighted by atomic mass is 19.1. The maximum Gasteiger partial charge on any atom is 0.270 e. The molecule has 2 aromatic carbocycles. The molecule has 0 aliphatic rings. The summed E-state index contributed by atoms with van der Waals surface area (Å²) in [5.41, 5.74) is 2.58. The van der Waals surface area contributed by atoms with E-state index in [-0.39, 0.29) is 0 Å². The van der Waals surface area contributed by atoms with Gasteiger partial charge in [0.2, 0.25) is 0 Å². The van der Waals surface area contributed by atoms with Crippen molar-refractivity contribution in [2.45, 2.75) is 0 Å². The molecule has 1 N–H and O–H groups in total. The first-order chi connectivity index (χ1) is 11.2. The van der Waals surface area contributed by atoms with Crippen molar-refractivity contribution in [2.75, 3.05) is 12.4 Å². The van der Waals surface area contributed by atoms with Crippen LogP contribution >= 0.6 is 0 Å². The molecule has 0 saturated heterocycles. The molecule has 0 radical (unpaired) electrons. The molecule has 1 heterocycles. The minimum absolute atomic E-state index is 0.396. The average Bonchev–Trinajstić information content (AvgIpc) is 2.55. The Labute approximate surface area is 133 Å². The van der Waals surface area contributed by atoms with E-state index in [1.54, 1.807) is 37.6 Å². The monoisotopic (exact) mass is 310 g/mol. The molecule has 0 bridgehead atoms. The summed E-state index contributed by atoms with van der Waals surface area (Å²) in [5.74, 6) is 1.18. The number of hydrogen-bond donors (Lipinski definition) is 1. The van der Waals surface area contributed by atoms with Gasteiger partial charge >= 0.3 is 0 Å². The lowest BCUT2D eigenvalue weighted by Crippen LogP contribution is -1.93. The van der Waals surface area contributed by atoms with Gasteiger partial charge < -0.3 is 14.8 Å². The van der Waals surface area contributed by atoms with Crippen LogP contribution in [0.25, 0.3) is 10.9 Å². The standard InChI is InChI=1S/C18H15FN2O2/c1-12(19)23-15-6-3-13(4-7-15)21-14-5-8-16-17(11-14)20-10-9-18(16)22-2/h3-11,21H,1H2,2H3. The first-order valence-corrected chi connectivity index (χ1v) is 6.98. The summed E-state index contributed by atoms with van der Waals surface area (Å²) in [6, 6.07) is 13.7. The van der Waals surface area contributed by atoms with Crippen molar-refractivity contribution in [1.82, 2.24) is 4.98 Å². The molecular formula is C18H15FN2O2. The number of fused-ring (bicyclic) bond motifs is 1. The molecule has 0 atom stereocenters. The van der Waals surface area contributed by atoms with Crippen molar-refractivity contribution in [3.63, 3.8) is 0 Å². The van der Waals surface area contributed by atoms with E-state index >= 15 is 0 Å². The Morgan fingerprint density at radius 1 is 1.09 bits per heavy atom. The fourth-order valence-corrected chi connectivity index (χ4v) is 2.28. The number of methoxy groups -OCH3 is 1. The van der Waals surface area contributed by atoms with E-state index in [1.165, 1.54) is 0 Å². The Bertz CT molecular complexity index is 847. The third-order valence-corrected chi connectivity index (χ3v) is 3.29. The van der Waals surface area contributed by atoms with Crippen LogP contribution in [0.1, 0.15) is 0 Å². The smallest absolute Gasteiger partial charge is 0.270 e. The van der Waals surface area contributed by atoms with E-state index in [1.807, 2.05) is 24.3 Å². The number of pyridine rings is 1. The summed E-state index contributed by atoms with van der Waals surface area (Å²) >= 11 is 0. The minimum atomic E-state index is -0.833. The Morgan fingerprint density at radius 3 is 2.52 bits per heavy atom. The van der Waals surface area contributed by atoms with Crippen LogP contribution in [-0.4, -0.2) is 12.1 Å². The molecule has 0 unspecified atom stereocenters. The first-order valence-electron chi connectivity index (χ1n) is 6.98. The van der Waals surface area contributed by atoms with Gasteiger partial charge in [0.05, 0.1) is 12.6 Å². The van der Waals surface area contributed by atoms with Gasteiger partial charge in [-0.2, -0.15) is 4.39 Å². The number of benzene rings is 2. The second kappa shape index (κ2) is 6.36. The number of hydrogen-bond acceptors (Lipinski definition) is 4. The van der Waals surface area contributed by atoms with Gasteiger partial charge in [-0.25, -0.2) is 0 Å². The van der Waals surface area contributed by atoms with Crippen molar-refractivity contribution in [2.24, 2.45) is 0 Å². The van der Waals surface area contributed by atoms with Crippen molar-refractivity contribution in [3.05, 3.63) is 67.3 Å². The highest BCUT2D eigenvalue weighted by molar-refractivity contribution is 5.88. The van der Waals surface area contributed by atoms with Crippen molar-refractivity contribution >= 4 is 22.3 Å². The van der Waals surface area contributed by atoms with Crippen molar-refractivity contribution < 1.29 is 13.9 Å². The zero-order valence-electron chi connectivity index (χ0n) is 12.5.